The van der Waals surface area contributed by atoms with Gasteiger partial charge in [-0.05, 0) is 68.3 Å². The number of imidazole rings is 1. The highest BCUT2D eigenvalue weighted by molar-refractivity contribution is 7.20. The third-order valence-corrected chi connectivity index (χ3v) is 17.1. The summed E-state index contributed by atoms with van der Waals surface area (Å²) in [6.45, 7) is 4.68. The number of fused-ring (bicyclic) bond motifs is 7. The maximum Gasteiger partial charge on any atom is 0.179 e. The molecule has 0 radical (unpaired) electrons. The predicted molar refractivity (Wildman–Crippen MR) is 242 cm³/mol. The maximum atomic E-state index is 6.83. The van der Waals surface area contributed by atoms with Crippen LogP contribution in [0.3, 0.4) is 0 Å². The normalized spacial score (nSPS) is 13.5. The van der Waals surface area contributed by atoms with Crippen LogP contribution in [0.5, 0.6) is 0 Å². The zero-order valence-corrected chi connectivity index (χ0v) is 33.6. The Morgan fingerprint density at radius 2 is 1.24 bits per heavy atom. The van der Waals surface area contributed by atoms with Gasteiger partial charge in [-0.3, -0.25) is 4.90 Å². The van der Waals surface area contributed by atoms with Crippen molar-refractivity contribution in [3.8, 4) is 11.4 Å². The van der Waals surface area contributed by atoms with Crippen molar-refractivity contribution in [3.63, 3.8) is 0 Å². The molecule has 0 fully saturated rings. The Morgan fingerprint density at radius 3 is 2.00 bits per heavy atom. The maximum absolute atomic E-state index is 6.83. The highest BCUT2D eigenvalue weighted by Gasteiger charge is 2.45. The fraction of sp³-hybridized carbons (Fsp3) is 0.0769. The minimum atomic E-state index is -3.04. The van der Waals surface area contributed by atoms with E-state index in [4.69, 9.17) is 14.4 Å². The van der Waals surface area contributed by atoms with E-state index in [1.807, 2.05) is 18.3 Å². The van der Waals surface area contributed by atoms with Gasteiger partial charge in [-0.1, -0.05) is 159 Å². The van der Waals surface area contributed by atoms with Crippen LogP contribution in [0.15, 0.2) is 193 Å². The Hall–Kier alpha value is -7.02. The molecule has 5 nitrogen and oxygen atoms in total. The van der Waals surface area contributed by atoms with Crippen molar-refractivity contribution in [2.24, 2.45) is 7.05 Å². The molecule has 278 valence electrons. The fourth-order valence-corrected chi connectivity index (χ4v) is 14.4. The number of aromatic nitrogens is 3. The van der Waals surface area contributed by atoms with Crippen molar-refractivity contribution in [2.45, 2.75) is 19.3 Å². The molecule has 6 heteroatoms. The van der Waals surface area contributed by atoms with Crippen LogP contribution in [0.4, 0.5) is 17.2 Å². The lowest BCUT2D eigenvalue weighted by Crippen LogP contribution is -2.74. The van der Waals surface area contributed by atoms with Gasteiger partial charge in [0.1, 0.15) is 17.2 Å². The first kappa shape index (κ1) is 34.2. The van der Waals surface area contributed by atoms with Crippen molar-refractivity contribution in [1.82, 2.24) is 14.5 Å². The van der Waals surface area contributed by atoms with E-state index < -0.39 is 8.07 Å². The summed E-state index contributed by atoms with van der Waals surface area (Å²) >= 11 is 0. The van der Waals surface area contributed by atoms with Gasteiger partial charge in [-0.2, -0.15) is 0 Å². The molecule has 7 aromatic carbocycles. The van der Waals surface area contributed by atoms with Gasteiger partial charge in [0, 0.05) is 35.0 Å². The lowest BCUT2D eigenvalue weighted by atomic mass is 9.73. The summed E-state index contributed by atoms with van der Waals surface area (Å²) < 4.78 is 9.05. The van der Waals surface area contributed by atoms with Crippen LogP contribution in [0, 0.1) is 0 Å². The second-order valence-electron chi connectivity index (χ2n) is 15.9. The van der Waals surface area contributed by atoms with Gasteiger partial charge in [0.05, 0.1) is 22.4 Å². The fourth-order valence-electron chi connectivity index (χ4n) is 9.64. The van der Waals surface area contributed by atoms with Gasteiger partial charge >= 0.3 is 0 Å². The summed E-state index contributed by atoms with van der Waals surface area (Å²) in [6.07, 6.45) is 1.89. The standard InChI is InChI=1S/C52H40N4OSi/c1-52(2)42-30-28-39(34-46(42)56(48-27-14-15-32-53-48)49-43(52)31-29-41-40-23-10-13-26-47(40)57-50(41)49)58(36-18-6-4-7-19-36,37-20-8-5-9-21-37)38-22-16-17-35(33-38)51-54-44-24-11-12-25-45(44)55(51)3/h4-34H,1-3H3. The summed E-state index contributed by atoms with van der Waals surface area (Å²) in [5, 5.41) is 7.39. The number of aryl methyl sites for hydroxylation is 1. The molecule has 10 aromatic rings. The van der Waals surface area contributed by atoms with E-state index in [1.165, 1.54) is 31.9 Å². The molecule has 11 rings (SSSR count). The number of benzene rings is 7. The minimum Gasteiger partial charge on any atom is -0.454 e. The van der Waals surface area contributed by atoms with Crippen LogP contribution >= 0.6 is 0 Å². The van der Waals surface area contributed by atoms with Crippen LogP contribution in [0.25, 0.3) is 44.4 Å². The minimum absolute atomic E-state index is 0.342. The van der Waals surface area contributed by atoms with Crippen LogP contribution in [0.2, 0.25) is 0 Å². The molecule has 3 aromatic heterocycles. The monoisotopic (exact) mass is 764 g/mol. The first-order valence-corrected chi connectivity index (χ1v) is 21.9. The molecule has 0 saturated carbocycles. The zero-order chi connectivity index (χ0) is 39.0. The van der Waals surface area contributed by atoms with Crippen molar-refractivity contribution in [3.05, 3.63) is 199 Å². The number of nitrogens with zero attached hydrogens (tertiary/aromatic N) is 4. The summed E-state index contributed by atoms with van der Waals surface area (Å²) in [7, 11) is -0.920. The molecule has 0 atom stereocenters. The molecule has 0 unspecified atom stereocenters. The van der Waals surface area contributed by atoms with Crippen molar-refractivity contribution < 1.29 is 4.42 Å². The van der Waals surface area contributed by atoms with Gasteiger partial charge < -0.3 is 8.98 Å². The highest BCUT2D eigenvalue weighted by atomic mass is 28.3. The van der Waals surface area contributed by atoms with E-state index in [0.29, 0.717) is 0 Å². The Kier molecular flexibility index (Phi) is 7.68. The smallest absolute Gasteiger partial charge is 0.179 e. The van der Waals surface area contributed by atoms with Crippen molar-refractivity contribution >= 4 is 79.0 Å². The van der Waals surface area contributed by atoms with Gasteiger partial charge in [-0.25, -0.2) is 9.97 Å². The number of furan rings is 1. The van der Waals surface area contributed by atoms with E-state index in [0.717, 1.165) is 61.6 Å². The highest BCUT2D eigenvalue weighted by Crippen LogP contribution is 2.54. The number of hydrogen-bond donors (Lipinski definition) is 0. The molecular weight excluding hydrogens is 725 g/mol. The van der Waals surface area contributed by atoms with E-state index in [-0.39, 0.29) is 5.41 Å². The van der Waals surface area contributed by atoms with Gasteiger partial charge in [-0.15, -0.1) is 0 Å². The molecule has 0 aliphatic carbocycles. The quantitative estimate of drug-likeness (QED) is 0.125. The number of para-hydroxylation sites is 3. The van der Waals surface area contributed by atoms with Crippen LogP contribution in [0.1, 0.15) is 25.0 Å². The summed E-state index contributed by atoms with van der Waals surface area (Å²) in [5.41, 5.74) is 9.20. The molecule has 1 aliphatic rings. The SMILES string of the molecule is Cn1c(-c2cccc([Si](c3ccccc3)(c3ccccc3)c3ccc4c(c3)N(c3ccccn3)c3c(ccc5c3oc3ccccc35)C4(C)C)c2)nc2ccccc21. The largest absolute Gasteiger partial charge is 0.454 e. The second-order valence-corrected chi connectivity index (χ2v) is 19.7. The Morgan fingerprint density at radius 1 is 0.569 bits per heavy atom. The number of hydrogen-bond acceptors (Lipinski definition) is 4. The van der Waals surface area contributed by atoms with Crippen LogP contribution < -0.4 is 25.6 Å². The number of pyridine rings is 1. The summed E-state index contributed by atoms with van der Waals surface area (Å²) in [5.74, 6) is 1.80. The molecule has 0 saturated heterocycles. The molecular formula is C52H40N4OSi. The zero-order valence-electron chi connectivity index (χ0n) is 32.6. The molecule has 0 bridgehead atoms. The average Bonchev–Trinajstić information content (AvgIpc) is 3.83. The molecule has 0 amide bonds. The van der Waals surface area contributed by atoms with Crippen LogP contribution in [-0.4, -0.2) is 22.6 Å². The molecule has 0 N–H and O–H groups in total. The van der Waals surface area contributed by atoms with E-state index in [1.54, 1.807) is 0 Å². The lowest BCUT2D eigenvalue weighted by molar-refractivity contribution is 0.623. The first-order valence-electron chi connectivity index (χ1n) is 19.9. The molecule has 0 spiro atoms. The Labute approximate surface area is 338 Å². The van der Waals surface area contributed by atoms with Gasteiger partial charge in [0.15, 0.2) is 13.7 Å². The third-order valence-electron chi connectivity index (χ3n) is 12.4. The van der Waals surface area contributed by atoms with Gasteiger partial charge in [0.2, 0.25) is 0 Å². The lowest BCUT2D eigenvalue weighted by Gasteiger charge is -2.43. The Balaban J connectivity index is 1.23. The first-order chi connectivity index (χ1) is 28.4. The third kappa shape index (κ3) is 4.95. The van der Waals surface area contributed by atoms with Gasteiger partial charge in [0.25, 0.3) is 0 Å². The summed E-state index contributed by atoms with van der Waals surface area (Å²) in [4.78, 5) is 12.5. The topological polar surface area (TPSA) is 47.1 Å². The van der Waals surface area contributed by atoms with E-state index >= 15 is 0 Å². The average molecular weight is 765 g/mol. The van der Waals surface area contributed by atoms with E-state index in [9.17, 15) is 0 Å². The number of anilines is 3. The molecule has 58 heavy (non-hydrogen) atoms. The van der Waals surface area contributed by atoms with E-state index in [2.05, 4.69) is 200 Å². The molecule has 4 heterocycles. The van der Waals surface area contributed by atoms with Crippen molar-refractivity contribution in [2.75, 3.05) is 4.90 Å². The molecule has 1 aliphatic heterocycles. The Bertz CT molecular complexity index is 3130. The number of rotatable bonds is 6. The van der Waals surface area contributed by atoms with Crippen LogP contribution in [-0.2, 0) is 12.5 Å². The summed E-state index contributed by atoms with van der Waals surface area (Å²) in [6, 6.07) is 66.1. The second kappa shape index (κ2) is 13.0. The predicted octanol–water partition coefficient (Wildman–Crippen LogP) is 10.0. The van der Waals surface area contributed by atoms with Crippen molar-refractivity contribution in [1.29, 1.82) is 0 Å².